The van der Waals surface area contributed by atoms with Crippen LogP contribution in [0.15, 0.2) is 70.2 Å². The van der Waals surface area contributed by atoms with E-state index in [0.29, 0.717) is 34.1 Å². The Morgan fingerprint density at radius 1 is 0.848 bits per heavy atom. The number of rotatable bonds is 8. The molecule has 3 aromatic carbocycles. The van der Waals surface area contributed by atoms with Crippen molar-refractivity contribution in [2.75, 3.05) is 21.3 Å². The van der Waals surface area contributed by atoms with E-state index in [1.54, 1.807) is 48.5 Å². The van der Waals surface area contributed by atoms with Gasteiger partial charge in [0.1, 0.15) is 5.75 Å². The van der Waals surface area contributed by atoms with E-state index in [9.17, 15) is 9.59 Å². The van der Waals surface area contributed by atoms with Gasteiger partial charge in [0.25, 0.3) is 5.91 Å². The molecule has 170 valence electrons. The molecule has 0 aromatic heterocycles. The van der Waals surface area contributed by atoms with E-state index in [4.69, 9.17) is 18.9 Å². The Balaban J connectivity index is 1.62. The second-order valence-corrected chi connectivity index (χ2v) is 7.49. The van der Waals surface area contributed by atoms with Gasteiger partial charge >= 0.3 is 5.97 Å². The Morgan fingerprint density at radius 2 is 1.45 bits per heavy atom. The summed E-state index contributed by atoms with van der Waals surface area (Å²) < 4.78 is 22.0. The zero-order chi connectivity index (χ0) is 23.8. The van der Waals surface area contributed by atoms with E-state index in [-0.39, 0.29) is 5.56 Å². The van der Waals surface area contributed by atoms with Gasteiger partial charge in [0.15, 0.2) is 11.5 Å². The van der Waals surface area contributed by atoms with Crippen LogP contribution in [0.1, 0.15) is 26.3 Å². The summed E-state index contributed by atoms with van der Waals surface area (Å²) >= 11 is 3.32. The molecule has 33 heavy (non-hydrogen) atoms. The Bertz CT molecular complexity index is 1140. The van der Waals surface area contributed by atoms with Crippen molar-refractivity contribution >= 4 is 34.0 Å². The van der Waals surface area contributed by atoms with Gasteiger partial charge in [0.05, 0.1) is 33.1 Å². The van der Waals surface area contributed by atoms with Gasteiger partial charge in [-0.2, -0.15) is 5.10 Å². The fourth-order valence-electron chi connectivity index (χ4n) is 2.82. The highest BCUT2D eigenvalue weighted by molar-refractivity contribution is 9.10. The van der Waals surface area contributed by atoms with Gasteiger partial charge in [-0.15, -0.1) is 0 Å². The number of methoxy groups -OCH3 is 3. The van der Waals surface area contributed by atoms with Crippen LogP contribution < -0.4 is 24.4 Å². The molecule has 0 atom stereocenters. The van der Waals surface area contributed by atoms with Crippen LogP contribution in [-0.2, 0) is 0 Å². The molecule has 0 bridgehead atoms. The maximum Gasteiger partial charge on any atom is 0.343 e. The molecule has 9 heteroatoms. The van der Waals surface area contributed by atoms with Crippen molar-refractivity contribution in [2.24, 2.45) is 5.10 Å². The van der Waals surface area contributed by atoms with Crippen molar-refractivity contribution < 1.29 is 28.5 Å². The Hall–Kier alpha value is -3.85. The number of hydrazone groups is 1. The average Bonchev–Trinajstić information content (AvgIpc) is 2.84. The molecular formula is C24H21BrN2O6. The summed E-state index contributed by atoms with van der Waals surface area (Å²) in [5, 5.41) is 3.97. The molecule has 0 unspecified atom stereocenters. The molecule has 0 fully saturated rings. The van der Waals surface area contributed by atoms with Crippen molar-refractivity contribution in [1.82, 2.24) is 5.43 Å². The lowest BCUT2D eigenvalue weighted by molar-refractivity contribution is 0.0734. The van der Waals surface area contributed by atoms with Crippen LogP contribution in [0, 0.1) is 0 Å². The van der Waals surface area contributed by atoms with Crippen LogP contribution in [-0.4, -0.2) is 39.4 Å². The standard InChI is InChI=1S/C24H21BrN2O6/c1-30-20-12-17(13-21(31-2)22(20)32-3)23(28)27-26-14-15-4-10-19(11-5-15)33-24(29)16-6-8-18(25)9-7-16/h4-14H,1-3H3,(H,27,28)/b26-14+. The topological polar surface area (TPSA) is 95.5 Å². The molecule has 0 spiro atoms. The van der Waals surface area contributed by atoms with E-state index in [1.807, 2.05) is 0 Å². The molecule has 8 nitrogen and oxygen atoms in total. The maximum absolute atomic E-state index is 12.5. The van der Waals surface area contributed by atoms with E-state index < -0.39 is 11.9 Å². The third-order valence-electron chi connectivity index (χ3n) is 4.48. The quantitative estimate of drug-likeness (QED) is 0.207. The number of ether oxygens (including phenoxy) is 4. The molecule has 0 aliphatic carbocycles. The van der Waals surface area contributed by atoms with Crippen LogP contribution in [0.25, 0.3) is 0 Å². The van der Waals surface area contributed by atoms with Gasteiger partial charge in [-0.05, 0) is 66.2 Å². The van der Waals surface area contributed by atoms with Gasteiger partial charge < -0.3 is 18.9 Å². The Labute approximate surface area is 199 Å². The summed E-state index contributed by atoms with van der Waals surface area (Å²) in [4.78, 5) is 24.7. The Kier molecular flexibility index (Phi) is 8.04. The summed E-state index contributed by atoms with van der Waals surface area (Å²) in [6.45, 7) is 0. The molecule has 3 aromatic rings. The van der Waals surface area contributed by atoms with E-state index in [2.05, 4.69) is 26.5 Å². The van der Waals surface area contributed by atoms with Gasteiger partial charge in [-0.3, -0.25) is 4.79 Å². The van der Waals surface area contributed by atoms with Crippen LogP contribution in [0.5, 0.6) is 23.0 Å². The number of amides is 1. The third kappa shape index (κ3) is 6.11. The fraction of sp³-hybridized carbons (Fsp3) is 0.125. The zero-order valence-electron chi connectivity index (χ0n) is 18.1. The maximum atomic E-state index is 12.5. The molecular weight excluding hydrogens is 492 g/mol. The number of nitrogens with zero attached hydrogens (tertiary/aromatic N) is 1. The highest BCUT2D eigenvalue weighted by Crippen LogP contribution is 2.38. The van der Waals surface area contributed by atoms with Crippen molar-refractivity contribution in [3.8, 4) is 23.0 Å². The minimum absolute atomic E-state index is 0.289. The minimum Gasteiger partial charge on any atom is -0.493 e. The molecule has 1 amide bonds. The predicted octanol–water partition coefficient (Wildman–Crippen LogP) is 4.46. The highest BCUT2D eigenvalue weighted by atomic mass is 79.9. The van der Waals surface area contributed by atoms with E-state index in [0.717, 1.165) is 4.47 Å². The molecule has 0 aliphatic heterocycles. The average molecular weight is 513 g/mol. The molecule has 0 radical (unpaired) electrons. The fourth-order valence-corrected chi connectivity index (χ4v) is 3.08. The number of nitrogens with one attached hydrogen (secondary N) is 1. The molecule has 0 heterocycles. The van der Waals surface area contributed by atoms with Crippen LogP contribution in [0.4, 0.5) is 0 Å². The summed E-state index contributed by atoms with van der Waals surface area (Å²) in [7, 11) is 4.42. The van der Waals surface area contributed by atoms with Gasteiger partial charge in [0, 0.05) is 10.0 Å². The van der Waals surface area contributed by atoms with E-state index in [1.165, 1.54) is 39.7 Å². The highest BCUT2D eigenvalue weighted by Gasteiger charge is 2.16. The lowest BCUT2D eigenvalue weighted by Crippen LogP contribution is -2.18. The van der Waals surface area contributed by atoms with Gasteiger partial charge in [0.2, 0.25) is 5.75 Å². The molecule has 0 saturated carbocycles. The second kappa shape index (κ2) is 11.1. The lowest BCUT2D eigenvalue weighted by Gasteiger charge is -2.13. The largest absolute Gasteiger partial charge is 0.493 e. The van der Waals surface area contributed by atoms with Crippen molar-refractivity contribution in [3.63, 3.8) is 0 Å². The number of esters is 1. The van der Waals surface area contributed by atoms with Gasteiger partial charge in [-0.25, -0.2) is 10.2 Å². The van der Waals surface area contributed by atoms with Crippen LogP contribution in [0.2, 0.25) is 0 Å². The number of hydrogen-bond donors (Lipinski definition) is 1. The minimum atomic E-state index is -0.457. The molecule has 0 saturated heterocycles. The lowest BCUT2D eigenvalue weighted by atomic mass is 10.1. The summed E-state index contributed by atoms with van der Waals surface area (Å²) in [5.41, 5.74) is 3.88. The number of halogens is 1. The second-order valence-electron chi connectivity index (χ2n) is 6.58. The molecule has 1 N–H and O–H groups in total. The summed E-state index contributed by atoms with van der Waals surface area (Å²) in [5.74, 6) is 0.591. The summed E-state index contributed by atoms with van der Waals surface area (Å²) in [6.07, 6.45) is 1.47. The number of benzene rings is 3. The first-order valence-electron chi connectivity index (χ1n) is 9.66. The van der Waals surface area contributed by atoms with Gasteiger partial charge in [-0.1, -0.05) is 15.9 Å². The summed E-state index contributed by atoms with van der Waals surface area (Å²) in [6, 6.07) is 16.6. The third-order valence-corrected chi connectivity index (χ3v) is 5.01. The zero-order valence-corrected chi connectivity index (χ0v) is 19.7. The first-order valence-corrected chi connectivity index (χ1v) is 10.5. The van der Waals surface area contributed by atoms with Crippen LogP contribution in [0.3, 0.4) is 0 Å². The Morgan fingerprint density at radius 3 is 2.00 bits per heavy atom. The van der Waals surface area contributed by atoms with Crippen molar-refractivity contribution in [1.29, 1.82) is 0 Å². The predicted molar refractivity (Wildman–Crippen MR) is 127 cm³/mol. The monoisotopic (exact) mass is 512 g/mol. The van der Waals surface area contributed by atoms with Crippen molar-refractivity contribution in [2.45, 2.75) is 0 Å². The SMILES string of the molecule is COc1cc(C(=O)N/N=C/c2ccc(OC(=O)c3ccc(Br)cc3)cc2)cc(OC)c1OC. The molecule has 3 rings (SSSR count). The van der Waals surface area contributed by atoms with Crippen molar-refractivity contribution in [3.05, 3.63) is 81.8 Å². The number of carbonyl (C=O) groups excluding carboxylic acids is 2. The van der Waals surface area contributed by atoms with E-state index >= 15 is 0 Å². The van der Waals surface area contributed by atoms with Crippen LogP contribution >= 0.6 is 15.9 Å². The molecule has 0 aliphatic rings. The number of hydrogen-bond acceptors (Lipinski definition) is 7. The first-order chi connectivity index (χ1) is 15.9. The first kappa shape index (κ1) is 23.8. The smallest absolute Gasteiger partial charge is 0.343 e. The number of carbonyl (C=O) groups is 2. The normalized spacial score (nSPS) is 10.5.